The number of ether oxygens (including phenoxy) is 1. The standard InChI is InChI=1S/C21H20N6O4/c1-12-3-5-14(6-4-12)16-7-15(9-30-16)19-24-17(31-25-19)8-27-21(29)18-13(2)20(28)22-10-26(18)11-23-27/h3-6,10-11,15-16H,7-9H2,1-2H3/t15-,16+/m0/s1. The van der Waals surface area contributed by atoms with Crippen LogP contribution in [0.3, 0.4) is 0 Å². The van der Waals surface area contributed by atoms with Crippen LogP contribution in [-0.2, 0) is 11.3 Å². The van der Waals surface area contributed by atoms with E-state index in [0.29, 0.717) is 12.4 Å². The molecule has 4 aromatic rings. The molecule has 0 saturated carbocycles. The van der Waals surface area contributed by atoms with Crippen molar-refractivity contribution in [2.45, 2.75) is 38.8 Å². The molecule has 31 heavy (non-hydrogen) atoms. The predicted octanol–water partition coefficient (Wildman–Crippen LogP) is 1.54. The molecule has 5 rings (SSSR count). The van der Waals surface area contributed by atoms with Crippen LogP contribution in [0.1, 0.15) is 46.8 Å². The molecular weight excluding hydrogens is 400 g/mol. The third kappa shape index (κ3) is 3.55. The molecule has 1 aliphatic rings. The maximum atomic E-state index is 12.8. The number of rotatable bonds is 4. The van der Waals surface area contributed by atoms with E-state index in [1.807, 2.05) is 0 Å². The Morgan fingerprint density at radius 3 is 2.74 bits per heavy atom. The average Bonchev–Trinajstić information content (AvgIpc) is 3.43. The molecule has 0 spiro atoms. The summed E-state index contributed by atoms with van der Waals surface area (Å²) in [5.41, 5.74) is 1.95. The summed E-state index contributed by atoms with van der Waals surface area (Å²) in [6, 6.07) is 8.28. The van der Waals surface area contributed by atoms with E-state index in [2.05, 4.69) is 51.4 Å². The van der Waals surface area contributed by atoms with Gasteiger partial charge in [-0.2, -0.15) is 15.1 Å². The van der Waals surface area contributed by atoms with Crippen molar-refractivity contribution in [3.05, 3.63) is 86.0 Å². The Kier molecular flexibility index (Phi) is 4.70. The van der Waals surface area contributed by atoms with Gasteiger partial charge in [0.15, 0.2) is 5.82 Å². The van der Waals surface area contributed by atoms with Crippen LogP contribution >= 0.6 is 0 Å². The topological polar surface area (TPSA) is 117 Å². The number of fused-ring (bicyclic) bond motifs is 1. The zero-order valence-corrected chi connectivity index (χ0v) is 17.1. The summed E-state index contributed by atoms with van der Waals surface area (Å²) in [4.78, 5) is 32.8. The van der Waals surface area contributed by atoms with Crippen LogP contribution in [0.15, 0.2) is 51.0 Å². The molecule has 1 aromatic carbocycles. The van der Waals surface area contributed by atoms with Gasteiger partial charge in [0, 0.05) is 11.5 Å². The van der Waals surface area contributed by atoms with Crippen LogP contribution in [0.5, 0.6) is 0 Å². The van der Waals surface area contributed by atoms with E-state index in [-0.39, 0.29) is 35.5 Å². The number of aromatic nitrogens is 6. The van der Waals surface area contributed by atoms with E-state index in [0.717, 1.165) is 12.0 Å². The van der Waals surface area contributed by atoms with E-state index in [1.54, 1.807) is 6.92 Å². The van der Waals surface area contributed by atoms with Gasteiger partial charge in [-0.1, -0.05) is 35.0 Å². The van der Waals surface area contributed by atoms with Crippen LogP contribution in [0.4, 0.5) is 0 Å². The Morgan fingerprint density at radius 1 is 1.13 bits per heavy atom. The quantitative estimate of drug-likeness (QED) is 0.488. The van der Waals surface area contributed by atoms with Gasteiger partial charge in [0.2, 0.25) is 5.89 Å². The highest BCUT2D eigenvalue weighted by atomic mass is 16.5. The summed E-state index contributed by atoms with van der Waals surface area (Å²) in [6.07, 6.45) is 3.45. The van der Waals surface area contributed by atoms with E-state index in [4.69, 9.17) is 9.26 Å². The number of aryl methyl sites for hydroxylation is 2. The summed E-state index contributed by atoms with van der Waals surface area (Å²) in [7, 11) is 0. The highest BCUT2D eigenvalue weighted by molar-refractivity contribution is 5.49. The van der Waals surface area contributed by atoms with Crippen molar-refractivity contribution >= 4 is 5.52 Å². The molecule has 3 aromatic heterocycles. The zero-order chi connectivity index (χ0) is 21.5. The Hall–Kier alpha value is -3.66. The molecular formula is C21H20N6O4. The number of nitrogens with zero attached hydrogens (tertiary/aromatic N) is 6. The molecule has 0 bridgehead atoms. The predicted molar refractivity (Wildman–Crippen MR) is 109 cm³/mol. The summed E-state index contributed by atoms with van der Waals surface area (Å²) in [5.74, 6) is 0.828. The first-order valence-corrected chi connectivity index (χ1v) is 9.94. The molecule has 2 atom stereocenters. The van der Waals surface area contributed by atoms with Gasteiger partial charge in [0.25, 0.3) is 11.1 Å². The van der Waals surface area contributed by atoms with Crippen molar-refractivity contribution in [3.63, 3.8) is 0 Å². The molecule has 158 valence electrons. The van der Waals surface area contributed by atoms with Crippen LogP contribution in [0.2, 0.25) is 0 Å². The number of hydrogen-bond donors (Lipinski definition) is 0. The monoisotopic (exact) mass is 420 g/mol. The largest absolute Gasteiger partial charge is 0.373 e. The number of benzene rings is 1. The lowest BCUT2D eigenvalue weighted by Gasteiger charge is -2.09. The van der Waals surface area contributed by atoms with E-state index >= 15 is 0 Å². The molecule has 0 amide bonds. The van der Waals surface area contributed by atoms with Crippen molar-refractivity contribution in [1.29, 1.82) is 0 Å². The van der Waals surface area contributed by atoms with E-state index in [9.17, 15) is 9.59 Å². The summed E-state index contributed by atoms with van der Waals surface area (Å²) in [6.45, 7) is 4.12. The van der Waals surface area contributed by atoms with Crippen molar-refractivity contribution < 1.29 is 9.26 Å². The lowest BCUT2D eigenvalue weighted by atomic mass is 9.99. The average molecular weight is 420 g/mol. The summed E-state index contributed by atoms with van der Waals surface area (Å²) >= 11 is 0. The first-order valence-electron chi connectivity index (χ1n) is 9.94. The SMILES string of the molecule is Cc1ccc([C@H]2C[C@H](c3noc(Cn4ncn5cnc(=O)c(C)c5c4=O)n3)CO2)cc1. The summed E-state index contributed by atoms with van der Waals surface area (Å²) < 4.78 is 13.9. The fourth-order valence-electron chi connectivity index (χ4n) is 3.77. The molecule has 0 radical (unpaired) electrons. The van der Waals surface area contributed by atoms with E-state index in [1.165, 1.54) is 27.3 Å². The Labute approximate surface area is 176 Å². The molecule has 0 unspecified atom stereocenters. The lowest BCUT2D eigenvalue weighted by Crippen LogP contribution is -2.29. The van der Waals surface area contributed by atoms with Gasteiger partial charge < -0.3 is 9.26 Å². The lowest BCUT2D eigenvalue weighted by molar-refractivity contribution is 0.110. The highest BCUT2D eigenvalue weighted by Gasteiger charge is 2.31. The molecule has 0 aliphatic carbocycles. The van der Waals surface area contributed by atoms with E-state index < -0.39 is 11.1 Å². The molecule has 10 heteroatoms. The highest BCUT2D eigenvalue weighted by Crippen LogP contribution is 2.37. The Balaban J connectivity index is 1.35. The minimum atomic E-state index is -0.445. The maximum Gasteiger partial charge on any atom is 0.292 e. The Morgan fingerprint density at radius 2 is 1.94 bits per heavy atom. The van der Waals surface area contributed by atoms with Crippen molar-refractivity contribution in [2.24, 2.45) is 0 Å². The molecule has 4 heterocycles. The first-order chi connectivity index (χ1) is 15.0. The third-order valence-corrected chi connectivity index (χ3v) is 5.57. The van der Waals surface area contributed by atoms with Gasteiger partial charge in [0.05, 0.1) is 12.7 Å². The smallest absolute Gasteiger partial charge is 0.292 e. The van der Waals surface area contributed by atoms with Gasteiger partial charge in [-0.15, -0.1) is 0 Å². The molecule has 1 aliphatic heterocycles. The molecule has 1 fully saturated rings. The second-order valence-electron chi connectivity index (χ2n) is 7.74. The Bertz CT molecular complexity index is 1370. The van der Waals surface area contributed by atoms with Crippen LogP contribution in [0, 0.1) is 13.8 Å². The van der Waals surface area contributed by atoms with Crippen molar-refractivity contribution in [1.82, 2.24) is 29.3 Å². The second kappa shape index (κ2) is 7.55. The molecule has 1 saturated heterocycles. The van der Waals surface area contributed by atoms with Gasteiger partial charge in [-0.3, -0.25) is 14.0 Å². The van der Waals surface area contributed by atoms with Gasteiger partial charge in [-0.25, -0.2) is 4.68 Å². The van der Waals surface area contributed by atoms with Gasteiger partial charge in [0.1, 0.15) is 24.7 Å². The fraction of sp³-hybridized carbons (Fsp3) is 0.333. The van der Waals surface area contributed by atoms with Crippen LogP contribution in [0.25, 0.3) is 5.52 Å². The number of hydrogen-bond acceptors (Lipinski definition) is 8. The minimum Gasteiger partial charge on any atom is -0.373 e. The molecule has 10 nitrogen and oxygen atoms in total. The summed E-state index contributed by atoms with van der Waals surface area (Å²) in [5, 5.41) is 8.20. The van der Waals surface area contributed by atoms with Crippen LogP contribution < -0.4 is 11.1 Å². The third-order valence-electron chi connectivity index (χ3n) is 5.57. The zero-order valence-electron chi connectivity index (χ0n) is 17.1. The second-order valence-corrected chi connectivity index (χ2v) is 7.74. The van der Waals surface area contributed by atoms with Crippen molar-refractivity contribution in [3.8, 4) is 0 Å². The normalized spacial score (nSPS) is 18.6. The van der Waals surface area contributed by atoms with Gasteiger partial charge in [-0.05, 0) is 25.8 Å². The first kappa shape index (κ1) is 19.3. The molecule has 0 N–H and O–H groups in total. The maximum absolute atomic E-state index is 12.8. The van der Waals surface area contributed by atoms with Gasteiger partial charge >= 0.3 is 0 Å². The van der Waals surface area contributed by atoms with Crippen LogP contribution in [-0.4, -0.2) is 35.9 Å². The van der Waals surface area contributed by atoms with Crippen molar-refractivity contribution in [2.75, 3.05) is 6.61 Å². The minimum absolute atomic E-state index is 0.00720. The fourth-order valence-corrected chi connectivity index (χ4v) is 3.77.